The fourth-order valence-electron chi connectivity index (χ4n) is 1.99. The normalized spacial score (nSPS) is 20.8. The molecule has 1 aromatic heterocycles. The summed E-state index contributed by atoms with van der Waals surface area (Å²) >= 11 is 1.79. The van der Waals surface area contributed by atoms with Crippen LogP contribution < -0.4 is 5.73 Å². The topological polar surface area (TPSA) is 38.9 Å². The molecule has 0 bridgehead atoms. The molecule has 90 valence electrons. The molecule has 2 nitrogen and oxygen atoms in total. The van der Waals surface area contributed by atoms with Crippen molar-refractivity contribution < 1.29 is 0 Å². The summed E-state index contributed by atoms with van der Waals surface area (Å²) in [6.07, 6.45) is 3.62. The summed E-state index contributed by atoms with van der Waals surface area (Å²) in [5.74, 6) is 0. The van der Waals surface area contributed by atoms with Crippen molar-refractivity contribution in [1.82, 2.24) is 4.98 Å². The Morgan fingerprint density at radius 1 is 1.50 bits per heavy atom. The zero-order chi connectivity index (χ0) is 12.0. The van der Waals surface area contributed by atoms with Gasteiger partial charge in [0.25, 0.3) is 0 Å². The maximum Gasteiger partial charge on any atom is 0.0934 e. The van der Waals surface area contributed by atoms with Gasteiger partial charge in [-0.2, -0.15) is 0 Å². The minimum absolute atomic E-state index is 0.166. The summed E-state index contributed by atoms with van der Waals surface area (Å²) in [5, 5.41) is 3.46. The first kappa shape index (κ1) is 12.1. The second kappa shape index (κ2) is 3.81. The van der Waals surface area contributed by atoms with E-state index in [1.165, 1.54) is 23.5 Å². The molecule has 1 unspecified atom stereocenters. The summed E-state index contributed by atoms with van der Waals surface area (Å²) in [6, 6.07) is 0.300. The van der Waals surface area contributed by atoms with Crippen molar-refractivity contribution in [2.45, 2.75) is 58.4 Å². The molecule has 1 aliphatic rings. The Bertz CT molecular complexity index is 370. The van der Waals surface area contributed by atoms with Gasteiger partial charge in [-0.3, -0.25) is 0 Å². The summed E-state index contributed by atoms with van der Waals surface area (Å²) in [6.45, 7) is 8.77. The highest BCUT2D eigenvalue weighted by Gasteiger charge is 2.46. The Labute approximate surface area is 102 Å². The van der Waals surface area contributed by atoms with Crippen LogP contribution in [0, 0.1) is 5.41 Å². The molecular formula is C13H22N2S. The SMILES string of the molecule is CC(N)C1(Cc2nc(C(C)(C)C)cs2)CC1. The molecule has 0 saturated heterocycles. The molecule has 1 saturated carbocycles. The summed E-state index contributed by atoms with van der Waals surface area (Å²) in [4.78, 5) is 4.75. The van der Waals surface area contributed by atoms with Gasteiger partial charge in [0.2, 0.25) is 0 Å². The van der Waals surface area contributed by atoms with Crippen LogP contribution in [0.25, 0.3) is 0 Å². The highest BCUT2D eigenvalue weighted by molar-refractivity contribution is 7.09. The predicted octanol–water partition coefficient (Wildman–Crippen LogP) is 3.11. The zero-order valence-electron chi connectivity index (χ0n) is 10.7. The molecule has 1 fully saturated rings. The van der Waals surface area contributed by atoms with E-state index in [2.05, 4.69) is 33.1 Å². The highest BCUT2D eigenvalue weighted by Crippen LogP contribution is 2.50. The second-order valence-electron chi connectivity index (χ2n) is 6.20. The Balaban J connectivity index is 2.09. The molecule has 2 N–H and O–H groups in total. The van der Waals surface area contributed by atoms with Crippen LogP contribution >= 0.6 is 11.3 Å². The summed E-state index contributed by atoms with van der Waals surface area (Å²) in [7, 11) is 0. The lowest BCUT2D eigenvalue weighted by molar-refractivity contribution is 0.417. The van der Waals surface area contributed by atoms with Crippen LogP contribution in [0.15, 0.2) is 5.38 Å². The van der Waals surface area contributed by atoms with Crippen LogP contribution in [0.3, 0.4) is 0 Å². The number of aromatic nitrogens is 1. The fraction of sp³-hybridized carbons (Fsp3) is 0.769. The molecule has 0 aliphatic heterocycles. The lowest BCUT2D eigenvalue weighted by atomic mass is 9.93. The molecule has 2 rings (SSSR count). The Hall–Kier alpha value is -0.410. The molecule has 0 spiro atoms. The quantitative estimate of drug-likeness (QED) is 0.878. The second-order valence-corrected chi connectivity index (χ2v) is 7.15. The van der Waals surface area contributed by atoms with E-state index >= 15 is 0 Å². The molecule has 1 aliphatic carbocycles. The van der Waals surface area contributed by atoms with Crippen LogP contribution in [0.1, 0.15) is 51.2 Å². The van der Waals surface area contributed by atoms with E-state index in [-0.39, 0.29) is 5.41 Å². The molecule has 3 heteroatoms. The third-order valence-corrected chi connectivity index (χ3v) is 4.53. The van der Waals surface area contributed by atoms with Gasteiger partial charge in [-0.15, -0.1) is 11.3 Å². The maximum absolute atomic E-state index is 6.05. The van der Waals surface area contributed by atoms with Gasteiger partial charge in [-0.05, 0) is 25.2 Å². The molecule has 16 heavy (non-hydrogen) atoms. The Morgan fingerprint density at radius 3 is 2.50 bits per heavy atom. The smallest absolute Gasteiger partial charge is 0.0934 e. The van der Waals surface area contributed by atoms with E-state index in [0.717, 1.165) is 6.42 Å². The van der Waals surface area contributed by atoms with Gasteiger partial charge in [0.1, 0.15) is 0 Å². The van der Waals surface area contributed by atoms with E-state index in [9.17, 15) is 0 Å². The van der Waals surface area contributed by atoms with Gasteiger partial charge < -0.3 is 5.73 Å². The lowest BCUT2D eigenvalue weighted by Gasteiger charge is -2.18. The maximum atomic E-state index is 6.05. The first-order valence-electron chi connectivity index (χ1n) is 6.04. The van der Waals surface area contributed by atoms with E-state index in [1.54, 1.807) is 11.3 Å². The van der Waals surface area contributed by atoms with E-state index < -0.39 is 0 Å². The van der Waals surface area contributed by atoms with Crippen molar-refractivity contribution in [3.05, 3.63) is 16.1 Å². The Morgan fingerprint density at radius 2 is 2.12 bits per heavy atom. The van der Waals surface area contributed by atoms with Crippen LogP contribution in [-0.2, 0) is 11.8 Å². The van der Waals surface area contributed by atoms with Crippen LogP contribution in [0.2, 0.25) is 0 Å². The first-order chi connectivity index (χ1) is 7.33. The van der Waals surface area contributed by atoms with Crippen LogP contribution in [0.4, 0.5) is 0 Å². The monoisotopic (exact) mass is 238 g/mol. The Kier molecular flexibility index (Phi) is 2.87. The number of hydrogen-bond donors (Lipinski definition) is 1. The van der Waals surface area contributed by atoms with Gasteiger partial charge in [-0.25, -0.2) is 4.98 Å². The number of thiazole rings is 1. The average Bonchev–Trinajstić information content (AvgIpc) is 2.74. The van der Waals surface area contributed by atoms with Crippen LogP contribution in [0.5, 0.6) is 0 Å². The average molecular weight is 238 g/mol. The van der Waals surface area contributed by atoms with Gasteiger partial charge >= 0.3 is 0 Å². The van der Waals surface area contributed by atoms with Gasteiger partial charge in [0.05, 0.1) is 10.7 Å². The van der Waals surface area contributed by atoms with Crippen molar-refractivity contribution >= 4 is 11.3 Å². The van der Waals surface area contributed by atoms with Crippen molar-refractivity contribution in [1.29, 1.82) is 0 Å². The lowest BCUT2D eigenvalue weighted by Crippen LogP contribution is -2.29. The summed E-state index contributed by atoms with van der Waals surface area (Å²) in [5.41, 5.74) is 7.80. The number of hydrogen-bond acceptors (Lipinski definition) is 3. The first-order valence-corrected chi connectivity index (χ1v) is 6.92. The number of rotatable bonds is 3. The number of nitrogens with two attached hydrogens (primary N) is 1. The van der Waals surface area contributed by atoms with Crippen molar-refractivity contribution in [3.63, 3.8) is 0 Å². The van der Waals surface area contributed by atoms with E-state index in [1.807, 2.05) is 0 Å². The summed E-state index contributed by atoms with van der Waals surface area (Å²) < 4.78 is 0. The highest BCUT2D eigenvalue weighted by atomic mass is 32.1. The largest absolute Gasteiger partial charge is 0.327 e. The minimum Gasteiger partial charge on any atom is -0.327 e. The molecule has 0 amide bonds. The molecule has 1 heterocycles. The predicted molar refractivity (Wildman–Crippen MR) is 69.8 cm³/mol. The van der Waals surface area contributed by atoms with Gasteiger partial charge in [0, 0.05) is 23.3 Å². The van der Waals surface area contributed by atoms with Crippen molar-refractivity contribution in [2.24, 2.45) is 11.1 Å². The standard InChI is InChI=1S/C13H22N2S/c1-9(14)13(5-6-13)7-11-15-10(8-16-11)12(2,3)4/h8-9H,5-7,14H2,1-4H3. The molecule has 1 aromatic rings. The molecule has 0 aromatic carbocycles. The van der Waals surface area contributed by atoms with Crippen molar-refractivity contribution in [2.75, 3.05) is 0 Å². The van der Waals surface area contributed by atoms with E-state index in [0.29, 0.717) is 11.5 Å². The van der Waals surface area contributed by atoms with Gasteiger partial charge in [0.15, 0.2) is 0 Å². The zero-order valence-corrected chi connectivity index (χ0v) is 11.5. The minimum atomic E-state index is 0.166. The van der Waals surface area contributed by atoms with Crippen LogP contribution in [-0.4, -0.2) is 11.0 Å². The molecular weight excluding hydrogens is 216 g/mol. The third kappa shape index (κ3) is 2.30. The number of nitrogens with zero attached hydrogens (tertiary/aromatic N) is 1. The third-order valence-electron chi connectivity index (χ3n) is 3.68. The fourth-order valence-corrected chi connectivity index (χ4v) is 3.17. The van der Waals surface area contributed by atoms with Crippen molar-refractivity contribution in [3.8, 4) is 0 Å². The van der Waals surface area contributed by atoms with E-state index in [4.69, 9.17) is 10.7 Å². The molecule has 0 radical (unpaired) electrons. The molecule has 1 atom stereocenters. The van der Waals surface area contributed by atoms with Gasteiger partial charge in [-0.1, -0.05) is 20.8 Å².